The normalized spacial score (nSPS) is 43.8. The average molecular weight is 183 g/mol. The molecule has 1 N–H and O–H groups in total. The Morgan fingerprint density at radius 1 is 1.31 bits per heavy atom. The predicted octanol–water partition coefficient (Wildman–Crippen LogP) is 3.06. The number of hydrogen-bond donors (Lipinski definition) is 1. The third kappa shape index (κ3) is 1.32. The van der Waals surface area contributed by atoms with Crippen LogP contribution >= 0.6 is 0 Å². The van der Waals surface area contributed by atoms with E-state index in [-0.39, 0.29) is 0 Å². The van der Waals surface area contributed by atoms with Crippen molar-refractivity contribution in [2.45, 2.75) is 53.5 Å². The van der Waals surface area contributed by atoms with Crippen molar-refractivity contribution in [2.24, 2.45) is 16.7 Å². The fourth-order valence-corrected chi connectivity index (χ4v) is 3.06. The summed E-state index contributed by atoms with van der Waals surface area (Å²) in [6.45, 7) is 12.0. The summed E-state index contributed by atoms with van der Waals surface area (Å²) in [7, 11) is 2.10. The summed E-state index contributed by atoms with van der Waals surface area (Å²) >= 11 is 0. The SMILES string of the molecule is CCC1(C)C(NC)CC(C)C1(C)C. The molecule has 0 spiro atoms. The average Bonchev–Trinajstić information content (AvgIpc) is 2.26. The fourth-order valence-electron chi connectivity index (χ4n) is 3.06. The summed E-state index contributed by atoms with van der Waals surface area (Å²) in [5.41, 5.74) is 0.927. The van der Waals surface area contributed by atoms with Crippen LogP contribution in [0.25, 0.3) is 0 Å². The molecule has 3 unspecified atom stereocenters. The van der Waals surface area contributed by atoms with Crippen LogP contribution in [0.3, 0.4) is 0 Å². The molecule has 0 heterocycles. The van der Waals surface area contributed by atoms with Gasteiger partial charge < -0.3 is 5.32 Å². The molecule has 1 nitrogen and oxygen atoms in total. The van der Waals surface area contributed by atoms with E-state index in [9.17, 15) is 0 Å². The van der Waals surface area contributed by atoms with Crippen LogP contribution in [-0.4, -0.2) is 13.1 Å². The standard InChI is InChI=1S/C12H25N/c1-7-12(5)10(13-6)8-9(2)11(12,3)4/h9-10,13H,7-8H2,1-6H3. The molecule has 1 saturated carbocycles. The third-order valence-electron chi connectivity index (χ3n) is 5.15. The molecule has 1 aliphatic carbocycles. The van der Waals surface area contributed by atoms with Crippen LogP contribution in [0, 0.1) is 16.7 Å². The van der Waals surface area contributed by atoms with Crippen molar-refractivity contribution in [3.8, 4) is 0 Å². The van der Waals surface area contributed by atoms with Gasteiger partial charge in [-0.3, -0.25) is 0 Å². The predicted molar refractivity (Wildman–Crippen MR) is 58.8 cm³/mol. The van der Waals surface area contributed by atoms with Crippen LogP contribution in [0.4, 0.5) is 0 Å². The van der Waals surface area contributed by atoms with Crippen LogP contribution < -0.4 is 5.32 Å². The number of hydrogen-bond acceptors (Lipinski definition) is 1. The molecule has 1 heteroatoms. The molecule has 0 aromatic heterocycles. The highest BCUT2D eigenvalue weighted by molar-refractivity contribution is 5.05. The van der Waals surface area contributed by atoms with E-state index in [1.165, 1.54) is 12.8 Å². The lowest BCUT2D eigenvalue weighted by atomic mass is 9.63. The summed E-state index contributed by atoms with van der Waals surface area (Å²) in [6.07, 6.45) is 2.60. The van der Waals surface area contributed by atoms with Gasteiger partial charge in [-0.15, -0.1) is 0 Å². The topological polar surface area (TPSA) is 12.0 Å². The van der Waals surface area contributed by atoms with E-state index in [2.05, 4.69) is 47.0 Å². The lowest BCUT2D eigenvalue weighted by molar-refractivity contribution is 0.0729. The van der Waals surface area contributed by atoms with Crippen molar-refractivity contribution < 1.29 is 0 Å². The monoisotopic (exact) mass is 183 g/mol. The van der Waals surface area contributed by atoms with E-state index in [0.29, 0.717) is 16.9 Å². The summed E-state index contributed by atoms with van der Waals surface area (Å²) in [6, 6.07) is 0.697. The van der Waals surface area contributed by atoms with Crippen molar-refractivity contribution >= 4 is 0 Å². The van der Waals surface area contributed by atoms with E-state index < -0.39 is 0 Å². The molecule has 0 aromatic rings. The van der Waals surface area contributed by atoms with Crippen molar-refractivity contribution in [3.63, 3.8) is 0 Å². The van der Waals surface area contributed by atoms with Gasteiger partial charge in [0.25, 0.3) is 0 Å². The van der Waals surface area contributed by atoms with Gasteiger partial charge in [0, 0.05) is 6.04 Å². The smallest absolute Gasteiger partial charge is 0.0126 e. The zero-order valence-electron chi connectivity index (χ0n) is 10.1. The van der Waals surface area contributed by atoms with Gasteiger partial charge in [-0.2, -0.15) is 0 Å². The second-order valence-corrected chi connectivity index (χ2v) is 5.47. The largest absolute Gasteiger partial charge is 0.316 e. The lowest BCUT2D eigenvalue weighted by Gasteiger charge is -2.43. The van der Waals surface area contributed by atoms with Crippen LogP contribution in [0.1, 0.15) is 47.5 Å². The van der Waals surface area contributed by atoms with Crippen LogP contribution in [0.2, 0.25) is 0 Å². The van der Waals surface area contributed by atoms with E-state index in [4.69, 9.17) is 0 Å². The molecule has 78 valence electrons. The molecular weight excluding hydrogens is 158 g/mol. The summed E-state index contributed by atoms with van der Waals surface area (Å²) in [4.78, 5) is 0. The number of rotatable bonds is 2. The van der Waals surface area contributed by atoms with E-state index in [1.54, 1.807) is 0 Å². The first-order valence-electron chi connectivity index (χ1n) is 5.57. The van der Waals surface area contributed by atoms with Gasteiger partial charge in [0.05, 0.1) is 0 Å². The van der Waals surface area contributed by atoms with Crippen LogP contribution in [0.15, 0.2) is 0 Å². The Hall–Kier alpha value is -0.0400. The highest BCUT2D eigenvalue weighted by Crippen LogP contribution is 2.57. The molecule has 13 heavy (non-hydrogen) atoms. The Balaban J connectivity index is 2.98. The molecule has 0 saturated heterocycles. The highest BCUT2D eigenvalue weighted by Gasteiger charge is 2.53. The summed E-state index contributed by atoms with van der Waals surface area (Å²) in [5, 5.41) is 3.49. The van der Waals surface area contributed by atoms with Gasteiger partial charge in [0.2, 0.25) is 0 Å². The molecule has 1 rings (SSSR count). The second kappa shape index (κ2) is 3.27. The Kier molecular flexibility index (Phi) is 2.78. The molecule has 3 atom stereocenters. The van der Waals surface area contributed by atoms with Gasteiger partial charge in [-0.1, -0.05) is 34.6 Å². The van der Waals surface area contributed by atoms with Crippen LogP contribution in [0.5, 0.6) is 0 Å². The molecular formula is C12H25N. The minimum Gasteiger partial charge on any atom is -0.316 e. The molecule has 0 bridgehead atoms. The van der Waals surface area contributed by atoms with E-state index in [0.717, 1.165) is 5.92 Å². The first-order chi connectivity index (χ1) is 5.90. The zero-order chi connectivity index (χ0) is 10.3. The number of nitrogens with one attached hydrogen (secondary N) is 1. The van der Waals surface area contributed by atoms with Gasteiger partial charge in [0.15, 0.2) is 0 Å². The van der Waals surface area contributed by atoms with Crippen molar-refractivity contribution in [2.75, 3.05) is 7.05 Å². The van der Waals surface area contributed by atoms with E-state index in [1.807, 2.05) is 0 Å². The molecule has 0 amide bonds. The molecule has 1 fully saturated rings. The van der Waals surface area contributed by atoms with Gasteiger partial charge in [-0.25, -0.2) is 0 Å². The maximum absolute atomic E-state index is 3.49. The maximum atomic E-state index is 3.49. The lowest BCUT2D eigenvalue weighted by Crippen LogP contribution is -2.44. The zero-order valence-corrected chi connectivity index (χ0v) is 10.1. The Bertz CT molecular complexity index is 186. The van der Waals surface area contributed by atoms with Gasteiger partial charge >= 0.3 is 0 Å². The van der Waals surface area contributed by atoms with E-state index >= 15 is 0 Å². The maximum Gasteiger partial charge on any atom is 0.0126 e. The van der Waals surface area contributed by atoms with Crippen molar-refractivity contribution in [1.29, 1.82) is 0 Å². The fraction of sp³-hybridized carbons (Fsp3) is 1.00. The molecule has 0 aromatic carbocycles. The Labute approximate surface area is 83.3 Å². The minimum atomic E-state index is 0.459. The van der Waals surface area contributed by atoms with Crippen molar-refractivity contribution in [3.05, 3.63) is 0 Å². The second-order valence-electron chi connectivity index (χ2n) is 5.47. The third-order valence-corrected chi connectivity index (χ3v) is 5.15. The quantitative estimate of drug-likeness (QED) is 0.694. The first-order valence-corrected chi connectivity index (χ1v) is 5.57. The first kappa shape index (κ1) is 11.0. The molecule has 0 radical (unpaired) electrons. The van der Waals surface area contributed by atoms with Gasteiger partial charge in [-0.05, 0) is 36.6 Å². The van der Waals surface area contributed by atoms with Crippen LogP contribution in [-0.2, 0) is 0 Å². The summed E-state index contributed by atoms with van der Waals surface area (Å²) in [5.74, 6) is 0.829. The van der Waals surface area contributed by atoms with Gasteiger partial charge in [0.1, 0.15) is 0 Å². The molecule has 0 aliphatic heterocycles. The van der Waals surface area contributed by atoms with Crippen molar-refractivity contribution in [1.82, 2.24) is 5.32 Å². The Morgan fingerprint density at radius 2 is 1.85 bits per heavy atom. The summed E-state index contributed by atoms with van der Waals surface area (Å²) < 4.78 is 0. The minimum absolute atomic E-state index is 0.459. The molecule has 1 aliphatic rings. The highest BCUT2D eigenvalue weighted by atomic mass is 14.9. The Morgan fingerprint density at radius 3 is 2.15 bits per heavy atom.